The van der Waals surface area contributed by atoms with Crippen LogP contribution in [0.1, 0.15) is 32.0 Å². The molecule has 1 N–H and O–H groups in total. The third kappa shape index (κ3) is 2.68. The van der Waals surface area contributed by atoms with Gasteiger partial charge in [0.1, 0.15) is 16.2 Å². The summed E-state index contributed by atoms with van der Waals surface area (Å²) in [7, 11) is 0. The minimum atomic E-state index is 0.547. The number of aromatic nitrogens is 2. The summed E-state index contributed by atoms with van der Waals surface area (Å²) in [4.78, 5) is 8.53. The first-order chi connectivity index (χ1) is 7.13. The fraction of sp³-hybridized carbons (Fsp3) is 0.636. The second-order valence-electron chi connectivity index (χ2n) is 4.33. The van der Waals surface area contributed by atoms with E-state index in [1.807, 2.05) is 13.0 Å². The van der Waals surface area contributed by atoms with Crippen molar-refractivity contribution in [2.45, 2.75) is 33.1 Å². The maximum atomic E-state index is 4.35. The van der Waals surface area contributed by atoms with Gasteiger partial charge in [-0.3, -0.25) is 0 Å². The highest BCUT2D eigenvalue weighted by Crippen LogP contribution is 2.48. The van der Waals surface area contributed by atoms with Crippen LogP contribution in [0.3, 0.4) is 0 Å². The van der Waals surface area contributed by atoms with Crippen LogP contribution in [0, 0.1) is 12.3 Å². The molecule has 1 aliphatic rings. The molecule has 15 heavy (non-hydrogen) atoms. The quantitative estimate of drug-likeness (QED) is 0.854. The Hall–Kier alpha value is -0.640. The van der Waals surface area contributed by atoms with Crippen LogP contribution in [0.2, 0.25) is 0 Å². The van der Waals surface area contributed by atoms with Crippen LogP contribution in [-0.4, -0.2) is 16.5 Å². The Kier molecular flexibility index (Phi) is 2.96. The van der Waals surface area contributed by atoms with Gasteiger partial charge in [0, 0.05) is 12.6 Å². The van der Waals surface area contributed by atoms with Crippen molar-refractivity contribution in [3.8, 4) is 0 Å². The zero-order valence-electron chi connectivity index (χ0n) is 9.18. The molecular weight excluding hydrogens is 254 g/mol. The molecule has 0 saturated heterocycles. The summed E-state index contributed by atoms with van der Waals surface area (Å²) in [6, 6.07) is 1.93. The lowest BCUT2D eigenvalue weighted by molar-refractivity contribution is 0.520. The van der Waals surface area contributed by atoms with Crippen LogP contribution in [0.25, 0.3) is 0 Å². The molecule has 1 aliphatic carbocycles. The maximum absolute atomic E-state index is 4.35. The number of nitrogens with zero attached hydrogens (tertiary/aromatic N) is 2. The van der Waals surface area contributed by atoms with E-state index in [4.69, 9.17) is 0 Å². The van der Waals surface area contributed by atoms with E-state index < -0.39 is 0 Å². The molecule has 4 heteroatoms. The van der Waals surface area contributed by atoms with Crippen molar-refractivity contribution in [1.82, 2.24) is 9.97 Å². The number of halogens is 1. The number of hydrogen-bond donors (Lipinski definition) is 1. The molecule has 0 amide bonds. The van der Waals surface area contributed by atoms with Gasteiger partial charge in [-0.05, 0) is 47.5 Å². The molecule has 2 rings (SSSR count). The van der Waals surface area contributed by atoms with Crippen molar-refractivity contribution in [3.05, 3.63) is 16.5 Å². The van der Waals surface area contributed by atoms with Crippen LogP contribution in [0.15, 0.2) is 10.7 Å². The summed E-state index contributed by atoms with van der Waals surface area (Å²) >= 11 is 3.37. The van der Waals surface area contributed by atoms with Gasteiger partial charge in [0.2, 0.25) is 0 Å². The standard InChI is InChI=1S/C11H16BrN3/c1-3-11(4-5-11)7-13-10-6-9(12)14-8(2)15-10/h6H,3-5,7H2,1-2H3,(H,13,14,15). The van der Waals surface area contributed by atoms with E-state index in [1.165, 1.54) is 19.3 Å². The van der Waals surface area contributed by atoms with E-state index in [2.05, 4.69) is 38.1 Å². The molecule has 1 fully saturated rings. The Balaban J connectivity index is 1.99. The zero-order chi connectivity index (χ0) is 10.9. The lowest BCUT2D eigenvalue weighted by Crippen LogP contribution is -2.15. The van der Waals surface area contributed by atoms with Crippen LogP contribution < -0.4 is 5.32 Å². The van der Waals surface area contributed by atoms with Gasteiger partial charge in [-0.15, -0.1) is 0 Å². The molecule has 1 heterocycles. The first-order valence-electron chi connectivity index (χ1n) is 5.39. The molecule has 0 spiro atoms. The van der Waals surface area contributed by atoms with Crippen molar-refractivity contribution >= 4 is 21.7 Å². The second-order valence-corrected chi connectivity index (χ2v) is 5.14. The molecule has 0 atom stereocenters. The largest absolute Gasteiger partial charge is 0.369 e. The lowest BCUT2D eigenvalue weighted by Gasteiger charge is -2.14. The van der Waals surface area contributed by atoms with Gasteiger partial charge >= 0.3 is 0 Å². The summed E-state index contributed by atoms with van der Waals surface area (Å²) in [5, 5.41) is 3.40. The van der Waals surface area contributed by atoms with Crippen molar-refractivity contribution < 1.29 is 0 Å². The monoisotopic (exact) mass is 269 g/mol. The number of hydrogen-bond acceptors (Lipinski definition) is 3. The first kappa shape index (κ1) is 10.9. The van der Waals surface area contributed by atoms with Gasteiger partial charge in [0.25, 0.3) is 0 Å². The zero-order valence-corrected chi connectivity index (χ0v) is 10.8. The lowest BCUT2D eigenvalue weighted by atomic mass is 10.0. The van der Waals surface area contributed by atoms with Crippen LogP contribution in [0.5, 0.6) is 0 Å². The molecule has 82 valence electrons. The molecule has 0 radical (unpaired) electrons. The van der Waals surface area contributed by atoms with Crippen molar-refractivity contribution in [2.75, 3.05) is 11.9 Å². The molecule has 0 bridgehead atoms. The molecule has 1 aromatic heterocycles. The Labute approximate surface area is 98.8 Å². The molecule has 3 nitrogen and oxygen atoms in total. The van der Waals surface area contributed by atoms with Gasteiger partial charge in [0.15, 0.2) is 0 Å². The van der Waals surface area contributed by atoms with Gasteiger partial charge in [-0.25, -0.2) is 9.97 Å². The normalized spacial score (nSPS) is 17.5. The maximum Gasteiger partial charge on any atom is 0.130 e. The summed E-state index contributed by atoms with van der Waals surface area (Å²) in [6.45, 7) is 5.20. The molecule has 1 saturated carbocycles. The highest BCUT2D eigenvalue weighted by molar-refractivity contribution is 9.10. The van der Waals surface area contributed by atoms with Gasteiger partial charge in [-0.2, -0.15) is 0 Å². The van der Waals surface area contributed by atoms with E-state index in [0.717, 1.165) is 22.8 Å². The van der Waals surface area contributed by atoms with E-state index in [1.54, 1.807) is 0 Å². The number of anilines is 1. The van der Waals surface area contributed by atoms with E-state index in [9.17, 15) is 0 Å². The minimum absolute atomic E-state index is 0.547. The summed E-state index contributed by atoms with van der Waals surface area (Å²) in [5.74, 6) is 1.72. The van der Waals surface area contributed by atoms with Gasteiger partial charge < -0.3 is 5.32 Å². The Morgan fingerprint density at radius 3 is 2.73 bits per heavy atom. The van der Waals surface area contributed by atoms with Crippen molar-refractivity contribution in [3.63, 3.8) is 0 Å². The summed E-state index contributed by atoms with van der Waals surface area (Å²) < 4.78 is 0.846. The summed E-state index contributed by atoms with van der Waals surface area (Å²) in [5.41, 5.74) is 0.547. The number of rotatable bonds is 4. The predicted octanol–water partition coefficient (Wildman–Crippen LogP) is 3.15. The van der Waals surface area contributed by atoms with Crippen LogP contribution >= 0.6 is 15.9 Å². The average molecular weight is 270 g/mol. The fourth-order valence-corrected chi connectivity index (χ4v) is 2.21. The first-order valence-corrected chi connectivity index (χ1v) is 6.18. The third-order valence-corrected chi connectivity index (χ3v) is 3.56. The van der Waals surface area contributed by atoms with Gasteiger partial charge in [-0.1, -0.05) is 6.92 Å². The molecular formula is C11H16BrN3. The van der Waals surface area contributed by atoms with E-state index in [-0.39, 0.29) is 0 Å². The molecule has 0 unspecified atom stereocenters. The topological polar surface area (TPSA) is 37.8 Å². The second kappa shape index (κ2) is 4.08. The minimum Gasteiger partial charge on any atom is -0.369 e. The Morgan fingerprint density at radius 2 is 2.20 bits per heavy atom. The number of nitrogens with one attached hydrogen (secondary N) is 1. The molecule has 0 aromatic carbocycles. The van der Waals surface area contributed by atoms with E-state index in [0.29, 0.717) is 5.41 Å². The van der Waals surface area contributed by atoms with Crippen molar-refractivity contribution in [2.24, 2.45) is 5.41 Å². The fourth-order valence-electron chi connectivity index (χ4n) is 1.73. The van der Waals surface area contributed by atoms with E-state index >= 15 is 0 Å². The average Bonchev–Trinajstić information content (AvgIpc) is 2.94. The highest BCUT2D eigenvalue weighted by atomic mass is 79.9. The number of aryl methyl sites for hydroxylation is 1. The Morgan fingerprint density at radius 1 is 1.47 bits per heavy atom. The predicted molar refractivity (Wildman–Crippen MR) is 64.9 cm³/mol. The third-order valence-electron chi connectivity index (χ3n) is 3.16. The van der Waals surface area contributed by atoms with Crippen LogP contribution in [0.4, 0.5) is 5.82 Å². The molecule has 1 aromatic rings. The highest BCUT2D eigenvalue weighted by Gasteiger charge is 2.40. The van der Waals surface area contributed by atoms with Crippen molar-refractivity contribution in [1.29, 1.82) is 0 Å². The Bertz CT molecular complexity index is 341. The van der Waals surface area contributed by atoms with Crippen LogP contribution in [-0.2, 0) is 0 Å². The smallest absolute Gasteiger partial charge is 0.130 e. The summed E-state index contributed by atoms with van der Waals surface area (Å²) in [6.07, 6.45) is 3.95. The van der Waals surface area contributed by atoms with Gasteiger partial charge in [0.05, 0.1) is 0 Å². The SMILES string of the molecule is CCC1(CNc2cc(Br)nc(C)n2)CC1. The molecule has 0 aliphatic heterocycles.